The van der Waals surface area contributed by atoms with Gasteiger partial charge in [-0.05, 0) is 49.4 Å². The van der Waals surface area contributed by atoms with Crippen molar-refractivity contribution in [2.45, 2.75) is 26.4 Å². The second-order valence-electron chi connectivity index (χ2n) is 6.30. The van der Waals surface area contributed by atoms with E-state index in [9.17, 15) is 14.9 Å². The van der Waals surface area contributed by atoms with Crippen LogP contribution in [0.15, 0.2) is 12.1 Å². The van der Waals surface area contributed by atoms with Crippen LogP contribution in [0.5, 0.6) is 0 Å². The molecule has 0 spiro atoms. The van der Waals surface area contributed by atoms with Crippen LogP contribution in [0.2, 0.25) is 0 Å². The Balaban J connectivity index is 2.32. The van der Waals surface area contributed by atoms with Gasteiger partial charge in [0.05, 0.1) is 10.6 Å². The maximum atomic E-state index is 12.0. The largest absolute Gasteiger partial charge is 0.444 e. The van der Waals surface area contributed by atoms with E-state index in [4.69, 9.17) is 4.74 Å². The zero-order valence-electron chi connectivity index (χ0n) is 13.8. The number of halogens is 1. The molecule has 0 saturated carbocycles. The number of benzene rings is 1. The monoisotopic (exact) mass is 465 g/mol. The third kappa shape index (κ3) is 5.13. The number of nitrogens with one attached hydrogen (secondary N) is 1. The smallest absolute Gasteiger partial charge is 0.412 e. The van der Waals surface area contributed by atoms with Crippen LogP contribution < -0.4 is 10.2 Å². The number of rotatable bonds is 3. The number of hydrogen-bond acceptors (Lipinski definition) is 6. The van der Waals surface area contributed by atoms with E-state index in [0.29, 0.717) is 0 Å². The fourth-order valence-electron chi connectivity index (χ4n) is 2.26. The zero-order valence-corrected chi connectivity index (χ0v) is 16.8. The number of ether oxygens (including phenoxy) is 1. The predicted molar refractivity (Wildman–Crippen MR) is 105 cm³/mol. The quantitative estimate of drug-likeness (QED) is 0.411. The molecule has 1 aliphatic rings. The summed E-state index contributed by atoms with van der Waals surface area (Å²) in [7, 11) is 0. The van der Waals surface area contributed by atoms with Crippen LogP contribution in [0.3, 0.4) is 0 Å². The first-order chi connectivity index (χ1) is 11.2. The Kier molecular flexibility index (Phi) is 6.18. The molecule has 7 nitrogen and oxygen atoms in total. The van der Waals surface area contributed by atoms with E-state index in [-0.39, 0.29) is 11.4 Å². The first-order valence-electron chi connectivity index (χ1n) is 7.48. The summed E-state index contributed by atoms with van der Waals surface area (Å²) in [5, 5.41) is 13.8. The van der Waals surface area contributed by atoms with Crippen molar-refractivity contribution in [3.63, 3.8) is 0 Å². The molecular formula is C15H20IN3O4S. The number of carbonyl (C=O) groups is 1. The number of hydrogen-bond donors (Lipinski definition) is 1. The molecule has 0 atom stereocenters. The van der Waals surface area contributed by atoms with Crippen LogP contribution in [0.25, 0.3) is 0 Å². The van der Waals surface area contributed by atoms with Gasteiger partial charge in [-0.3, -0.25) is 15.4 Å². The van der Waals surface area contributed by atoms with Gasteiger partial charge in [0.15, 0.2) is 0 Å². The normalized spacial score (nSPS) is 15.1. The highest BCUT2D eigenvalue weighted by Crippen LogP contribution is 2.35. The summed E-state index contributed by atoms with van der Waals surface area (Å²) in [6, 6.07) is 3.16. The lowest BCUT2D eigenvalue weighted by molar-refractivity contribution is -0.384. The van der Waals surface area contributed by atoms with Crippen LogP contribution in [-0.2, 0) is 4.74 Å². The predicted octanol–water partition coefficient (Wildman–Crippen LogP) is 4.10. The van der Waals surface area contributed by atoms with Gasteiger partial charge in [0.25, 0.3) is 5.69 Å². The molecule has 1 N–H and O–H groups in total. The van der Waals surface area contributed by atoms with Gasteiger partial charge in [-0.2, -0.15) is 11.8 Å². The maximum Gasteiger partial charge on any atom is 0.412 e. The van der Waals surface area contributed by atoms with Crippen LogP contribution in [0.1, 0.15) is 20.8 Å². The minimum Gasteiger partial charge on any atom is -0.444 e. The van der Waals surface area contributed by atoms with E-state index < -0.39 is 16.6 Å². The fourth-order valence-corrected chi connectivity index (χ4v) is 3.96. The van der Waals surface area contributed by atoms with Crippen molar-refractivity contribution < 1.29 is 14.5 Å². The SMILES string of the molecule is CC(C)(C)OC(=O)Nc1cc(N2CCSCC2)c(I)cc1[N+](=O)[O-]. The lowest BCUT2D eigenvalue weighted by atomic mass is 10.2. The molecule has 132 valence electrons. The van der Waals surface area contributed by atoms with E-state index in [1.54, 1.807) is 26.8 Å². The fraction of sp³-hybridized carbons (Fsp3) is 0.533. The number of carbonyl (C=O) groups excluding carboxylic acids is 1. The van der Waals surface area contributed by atoms with Crippen molar-refractivity contribution in [2.75, 3.05) is 34.8 Å². The summed E-state index contributed by atoms with van der Waals surface area (Å²) in [5.41, 5.74) is 0.241. The molecule has 0 bridgehead atoms. The molecule has 9 heteroatoms. The Labute approximate surface area is 158 Å². The van der Waals surface area contributed by atoms with Gasteiger partial charge in [0, 0.05) is 34.2 Å². The first-order valence-corrected chi connectivity index (χ1v) is 9.71. The molecule has 1 fully saturated rings. The van der Waals surface area contributed by atoms with E-state index in [1.807, 2.05) is 11.8 Å². The number of nitro benzene ring substituents is 1. The van der Waals surface area contributed by atoms with Crippen molar-refractivity contribution >= 4 is 57.5 Å². The lowest BCUT2D eigenvalue weighted by Crippen LogP contribution is -2.33. The Bertz CT molecular complexity index is 642. The summed E-state index contributed by atoms with van der Waals surface area (Å²) >= 11 is 3.98. The van der Waals surface area contributed by atoms with E-state index >= 15 is 0 Å². The molecule has 1 amide bonds. The van der Waals surface area contributed by atoms with Gasteiger partial charge < -0.3 is 9.64 Å². The first kappa shape index (κ1) is 19.1. The summed E-state index contributed by atoms with van der Waals surface area (Å²) in [4.78, 5) is 25.0. The molecular weight excluding hydrogens is 445 g/mol. The van der Waals surface area contributed by atoms with Gasteiger partial charge in [-0.25, -0.2) is 4.79 Å². The van der Waals surface area contributed by atoms with Gasteiger partial charge in [0.2, 0.25) is 0 Å². The maximum absolute atomic E-state index is 12.0. The summed E-state index contributed by atoms with van der Waals surface area (Å²) in [5.74, 6) is 2.03. The minimum absolute atomic E-state index is 0.139. The molecule has 1 aromatic carbocycles. The van der Waals surface area contributed by atoms with E-state index in [2.05, 4.69) is 32.8 Å². The highest BCUT2D eigenvalue weighted by molar-refractivity contribution is 14.1. The Hall–Kier alpha value is -1.23. The second-order valence-corrected chi connectivity index (χ2v) is 8.69. The van der Waals surface area contributed by atoms with Gasteiger partial charge in [-0.1, -0.05) is 0 Å². The highest BCUT2D eigenvalue weighted by Gasteiger charge is 2.24. The average molecular weight is 465 g/mol. The summed E-state index contributed by atoms with van der Waals surface area (Å²) in [6.45, 7) is 6.98. The van der Waals surface area contributed by atoms with Crippen molar-refractivity contribution in [1.82, 2.24) is 0 Å². The van der Waals surface area contributed by atoms with Crippen molar-refractivity contribution in [3.05, 3.63) is 25.8 Å². The molecule has 1 aromatic rings. The molecule has 1 aliphatic heterocycles. The average Bonchev–Trinajstić information content (AvgIpc) is 2.47. The van der Waals surface area contributed by atoms with Crippen molar-refractivity contribution in [3.8, 4) is 0 Å². The molecule has 0 unspecified atom stereocenters. The Morgan fingerprint density at radius 1 is 1.38 bits per heavy atom. The minimum atomic E-state index is -0.702. The van der Waals surface area contributed by atoms with Crippen molar-refractivity contribution in [2.24, 2.45) is 0 Å². The summed E-state index contributed by atoms with van der Waals surface area (Å²) in [6.07, 6.45) is -0.702. The molecule has 1 heterocycles. The number of thioether (sulfide) groups is 1. The van der Waals surface area contributed by atoms with Crippen LogP contribution in [-0.4, -0.2) is 41.2 Å². The van der Waals surface area contributed by atoms with Crippen LogP contribution in [0, 0.1) is 13.7 Å². The van der Waals surface area contributed by atoms with E-state index in [0.717, 1.165) is 33.9 Å². The molecule has 1 saturated heterocycles. The summed E-state index contributed by atoms with van der Waals surface area (Å²) < 4.78 is 5.99. The van der Waals surface area contributed by atoms with Crippen molar-refractivity contribution in [1.29, 1.82) is 0 Å². The van der Waals surface area contributed by atoms with Gasteiger partial charge in [-0.15, -0.1) is 0 Å². The Morgan fingerprint density at radius 3 is 2.54 bits per heavy atom. The molecule has 0 radical (unpaired) electrons. The lowest BCUT2D eigenvalue weighted by Gasteiger charge is -2.29. The topological polar surface area (TPSA) is 84.7 Å². The Morgan fingerprint density at radius 2 is 2.00 bits per heavy atom. The molecule has 2 rings (SSSR count). The van der Waals surface area contributed by atoms with Gasteiger partial charge in [0.1, 0.15) is 11.3 Å². The number of anilines is 2. The van der Waals surface area contributed by atoms with Gasteiger partial charge >= 0.3 is 6.09 Å². The number of nitro groups is 1. The molecule has 0 aliphatic carbocycles. The second kappa shape index (κ2) is 7.77. The van der Waals surface area contributed by atoms with Crippen LogP contribution >= 0.6 is 34.4 Å². The van der Waals surface area contributed by atoms with E-state index in [1.165, 1.54) is 6.07 Å². The zero-order chi connectivity index (χ0) is 17.9. The third-order valence-electron chi connectivity index (χ3n) is 3.25. The molecule has 0 aromatic heterocycles. The third-order valence-corrected chi connectivity index (χ3v) is 5.06. The number of nitrogens with zero attached hydrogens (tertiary/aromatic N) is 2. The molecule has 24 heavy (non-hydrogen) atoms. The van der Waals surface area contributed by atoms with Crippen LogP contribution in [0.4, 0.5) is 21.9 Å². The highest BCUT2D eigenvalue weighted by atomic mass is 127. The number of amides is 1. The standard InChI is InChI=1S/C15H20IN3O4S/c1-15(2,3)23-14(20)17-11-9-12(18-4-6-24-7-5-18)10(16)8-13(11)19(21)22/h8-9H,4-7H2,1-3H3,(H,17,20).